The van der Waals surface area contributed by atoms with E-state index < -0.39 is 0 Å². The summed E-state index contributed by atoms with van der Waals surface area (Å²) in [4.78, 5) is 2.66. The summed E-state index contributed by atoms with van der Waals surface area (Å²) in [7, 11) is 0. The van der Waals surface area contributed by atoms with Crippen molar-refractivity contribution in [2.75, 3.05) is 4.90 Å². The molecule has 40 heavy (non-hydrogen) atoms. The van der Waals surface area contributed by atoms with Crippen LogP contribution in [0.1, 0.15) is 78.3 Å². The van der Waals surface area contributed by atoms with Crippen LogP contribution in [0.2, 0.25) is 0 Å². The van der Waals surface area contributed by atoms with Crippen LogP contribution in [-0.2, 0) is 12.8 Å². The molecule has 0 spiro atoms. The predicted molar refractivity (Wildman–Crippen MR) is 170 cm³/mol. The Kier molecular flexibility index (Phi) is 5.80. The van der Waals surface area contributed by atoms with Gasteiger partial charge in [-0.05, 0) is 113 Å². The molecule has 1 nitrogen and oxygen atoms in total. The lowest BCUT2D eigenvalue weighted by Crippen LogP contribution is -2.33. The predicted octanol–water partition coefficient (Wildman–Crippen LogP) is 9.90. The van der Waals surface area contributed by atoms with Gasteiger partial charge in [0.2, 0.25) is 0 Å². The van der Waals surface area contributed by atoms with Crippen LogP contribution in [0.5, 0.6) is 0 Å². The Labute approximate surface area is 238 Å². The van der Waals surface area contributed by atoms with Crippen LogP contribution >= 0.6 is 0 Å². The third-order valence-electron chi connectivity index (χ3n) is 9.86. The van der Waals surface area contributed by atoms with Gasteiger partial charge in [-0.15, -0.1) is 0 Å². The number of rotatable bonds is 3. The highest BCUT2D eigenvalue weighted by atomic mass is 15.2. The summed E-state index contributed by atoms with van der Waals surface area (Å²) in [6.07, 6.45) is 27.5. The van der Waals surface area contributed by atoms with Gasteiger partial charge in [0.05, 0.1) is 6.04 Å². The molecular formula is C39H37N. The van der Waals surface area contributed by atoms with Crippen LogP contribution in [0.15, 0.2) is 96.8 Å². The standard InChI is InChI=1S/C39H37N/c1-26-19-24-34-35(25-26)39(27-11-3-2-4-12-27)33-16-6-5-15-32(33)38(34)28-20-22-29(23-21-28)40-36-17-9-7-13-30(36)31-14-8-10-18-37(31)40/h2-5,7,9-13,15,17-20,22,24,26,31,37H,6,8,14,16,21,23,25H2,1H3/t26?,31-,37?/m0/s1. The molecule has 0 amide bonds. The summed E-state index contributed by atoms with van der Waals surface area (Å²) in [5, 5.41) is 0. The van der Waals surface area contributed by atoms with Crippen molar-refractivity contribution in [2.24, 2.45) is 5.92 Å². The lowest BCUT2D eigenvalue weighted by atomic mass is 9.73. The average Bonchev–Trinajstić information content (AvgIpc) is 3.35. The minimum absolute atomic E-state index is 0.463. The van der Waals surface area contributed by atoms with E-state index >= 15 is 0 Å². The maximum absolute atomic E-state index is 2.66. The minimum Gasteiger partial charge on any atom is -0.337 e. The van der Waals surface area contributed by atoms with Crippen molar-refractivity contribution in [2.45, 2.75) is 63.8 Å². The molecule has 8 rings (SSSR count). The molecule has 3 aromatic carbocycles. The highest BCUT2D eigenvalue weighted by molar-refractivity contribution is 5.92. The molecule has 2 unspecified atom stereocenters. The van der Waals surface area contributed by atoms with Crippen molar-refractivity contribution in [1.29, 1.82) is 0 Å². The Morgan fingerprint density at radius 2 is 1.57 bits per heavy atom. The molecule has 0 N–H and O–H groups in total. The van der Waals surface area contributed by atoms with Gasteiger partial charge in [0.25, 0.3) is 0 Å². The first-order chi connectivity index (χ1) is 19.8. The lowest BCUT2D eigenvalue weighted by Gasteiger charge is -2.34. The van der Waals surface area contributed by atoms with Crippen LogP contribution < -0.4 is 4.90 Å². The maximum Gasteiger partial charge on any atom is 0.0588 e. The van der Waals surface area contributed by atoms with Gasteiger partial charge in [0.1, 0.15) is 0 Å². The van der Waals surface area contributed by atoms with Gasteiger partial charge in [-0.2, -0.15) is 0 Å². The molecule has 1 heteroatoms. The molecule has 0 aromatic heterocycles. The van der Waals surface area contributed by atoms with Gasteiger partial charge in [0, 0.05) is 17.3 Å². The summed E-state index contributed by atoms with van der Waals surface area (Å²) < 4.78 is 0. The second-order valence-corrected chi connectivity index (χ2v) is 12.3. The van der Waals surface area contributed by atoms with E-state index in [1.165, 1.54) is 63.2 Å². The van der Waals surface area contributed by atoms with Gasteiger partial charge in [-0.25, -0.2) is 0 Å². The zero-order chi connectivity index (χ0) is 26.6. The van der Waals surface area contributed by atoms with E-state index in [1.54, 1.807) is 11.1 Å². The Balaban J connectivity index is 1.27. The molecule has 1 heterocycles. The number of allylic oxidation sites excluding steroid dienone is 7. The summed E-state index contributed by atoms with van der Waals surface area (Å²) in [5.74, 6) is 1.19. The number of nitrogens with zero attached hydrogens (tertiary/aromatic N) is 1. The first kappa shape index (κ1) is 24.0. The van der Waals surface area contributed by atoms with E-state index in [-0.39, 0.29) is 0 Å². The van der Waals surface area contributed by atoms with Crippen molar-refractivity contribution in [3.05, 3.63) is 130 Å². The molecule has 0 saturated heterocycles. The Morgan fingerprint density at radius 1 is 0.725 bits per heavy atom. The van der Waals surface area contributed by atoms with Crippen molar-refractivity contribution in [1.82, 2.24) is 0 Å². The van der Waals surface area contributed by atoms with E-state index in [4.69, 9.17) is 0 Å². The molecule has 0 fully saturated rings. The maximum atomic E-state index is 2.66. The van der Waals surface area contributed by atoms with Gasteiger partial charge in [-0.3, -0.25) is 0 Å². The topological polar surface area (TPSA) is 3.24 Å². The van der Waals surface area contributed by atoms with E-state index in [9.17, 15) is 0 Å². The zero-order valence-corrected chi connectivity index (χ0v) is 23.4. The van der Waals surface area contributed by atoms with Crippen LogP contribution in [0, 0.1) is 5.92 Å². The summed E-state index contributed by atoms with van der Waals surface area (Å²) in [6, 6.07) is 20.8. The van der Waals surface area contributed by atoms with Crippen LogP contribution in [0.3, 0.4) is 0 Å². The summed E-state index contributed by atoms with van der Waals surface area (Å²) in [5.41, 5.74) is 16.4. The second kappa shape index (κ2) is 9.66. The van der Waals surface area contributed by atoms with Crippen molar-refractivity contribution in [3.8, 4) is 11.1 Å². The Hall–Kier alpha value is -3.84. The number of fused-ring (bicyclic) bond motifs is 5. The number of hydrogen-bond acceptors (Lipinski definition) is 1. The average molecular weight is 520 g/mol. The first-order valence-corrected chi connectivity index (χ1v) is 15.3. The smallest absolute Gasteiger partial charge is 0.0588 e. The zero-order valence-electron chi connectivity index (χ0n) is 23.4. The number of hydrogen-bond donors (Lipinski definition) is 0. The first-order valence-electron chi connectivity index (χ1n) is 15.3. The molecule has 198 valence electrons. The minimum atomic E-state index is 0.463. The Bertz CT molecular complexity index is 1640. The van der Waals surface area contributed by atoms with Crippen LogP contribution in [0.4, 0.5) is 5.69 Å². The van der Waals surface area contributed by atoms with Gasteiger partial charge >= 0.3 is 0 Å². The fourth-order valence-electron chi connectivity index (χ4n) is 8.10. The van der Waals surface area contributed by atoms with Crippen molar-refractivity contribution < 1.29 is 0 Å². The van der Waals surface area contributed by atoms with Crippen molar-refractivity contribution >= 4 is 23.4 Å². The molecule has 3 atom stereocenters. The number of anilines is 1. The second-order valence-electron chi connectivity index (χ2n) is 12.3. The van der Waals surface area contributed by atoms with E-state index in [1.807, 2.05) is 0 Å². The van der Waals surface area contributed by atoms with Gasteiger partial charge < -0.3 is 4.90 Å². The fourth-order valence-corrected chi connectivity index (χ4v) is 8.10. The third-order valence-corrected chi connectivity index (χ3v) is 9.86. The molecular weight excluding hydrogens is 482 g/mol. The molecule has 1 aliphatic heterocycles. The quantitative estimate of drug-likeness (QED) is 0.311. The number of para-hydroxylation sites is 1. The van der Waals surface area contributed by atoms with Crippen LogP contribution in [-0.4, -0.2) is 6.04 Å². The highest BCUT2D eigenvalue weighted by Crippen LogP contribution is 2.50. The highest BCUT2D eigenvalue weighted by Gasteiger charge is 2.39. The molecule has 4 aliphatic carbocycles. The third kappa shape index (κ3) is 3.74. The molecule has 0 saturated carbocycles. The van der Waals surface area contributed by atoms with Crippen molar-refractivity contribution in [3.63, 3.8) is 0 Å². The van der Waals surface area contributed by atoms with E-state index in [0.717, 1.165) is 32.1 Å². The molecule has 0 bridgehead atoms. The molecule has 5 aliphatic rings. The normalized spacial score (nSPS) is 24.1. The number of benzene rings is 3. The van der Waals surface area contributed by atoms with Crippen LogP contribution in [0.25, 0.3) is 28.9 Å². The molecule has 3 aromatic rings. The fraction of sp³-hybridized carbons (Fsp3) is 0.282. The van der Waals surface area contributed by atoms with Gasteiger partial charge in [0.15, 0.2) is 0 Å². The summed E-state index contributed by atoms with van der Waals surface area (Å²) in [6.45, 7) is 2.36. The molecule has 0 radical (unpaired) electrons. The van der Waals surface area contributed by atoms with Gasteiger partial charge in [-0.1, -0.05) is 98.0 Å². The largest absolute Gasteiger partial charge is 0.337 e. The van der Waals surface area contributed by atoms with E-state index in [0.29, 0.717) is 17.9 Å². The SMILES string of the molecule is CC1C=Cc2c(c(-c3ccccc3)c3c(c2C2=CC=C(N4c5ccccc5[C@@H]5CCC=CC54)CC2)C=CCC3)C1. The Morgan fingerprint density at radius 3 is 2.45 bits per heavy atom. The van der Waals surface area contributed by atoms with E-state index in [2.05, 4.69) is 115 Å². The monoisotopic (exact) mass is 519 g/mol. The lowest BCUT2D eigenvalue weighted by molar-refractivity contribution is 0.560. The summed E-state index contributed by atoms with van der Waals surface area (Å²) >= 11 is 0.